The normalized spacial score (nSPS) is 12.1. The molecule has 2 aromatic heterocycles. The number of aromatic nitrogens is 3. The number of carbonyl (C=O) groups is 2. The quantitative estimate of drug-likeness (QED) is 0.705. The van der Waals surface area contributed by atoms with Crippen LogP contribution in [0.25, 0.3) is 0 Å². The summed E-state index contributed by atoms with van der Waals surface area (Å²) in [4.78, 5) is 29.5. The summed E-state index contributed by atoms with van der Waals surface area (Å²) in [6.45, 7) is 1.65. The highest BCUT2D eigenvalue weighted by atomic mass is 16.5. The monoisotopic (exact) mass is 264 g/mol. The minimum absolute atomic E-state index is 0.0101. The highest BCUT2D eigenvalue weighted by Crippen LogP contribution is 2.07. The van der Waals surface area contributed by atoms with Gasteiger partial charge in [0.1, 0.15) is 6.04 Å². The number of H-pyrrole nitrogens is 1. The van der Waals surface area contributed by atoms with E-state index in [0.29, 0.717) is 11.3 Å². The smallest absolute Gasteiger partial charge is 0.326 e. The zero-order valence-electron chi connectivity index (χ0n) is 10.1. The van der Waals surface area contributed by atoms with E-state index in [1.54, 1.807) is 6.92 Å². The van der Waals surface area contributed by atoms with Crippen molar-refractivity contribution >= 4 is 11.9 Å². The molecule has 1 atom stereocenters. The van der Waals surface area contributed by atoms with Crippen molar-refractivity contribution in [2.75, 3.05) is 0 Å². The number of carboxylic acid groups (broad SMARTS) is 1. The Bertz CT molecular complexity index is 575. The third-order valence-corrected chi connectivity index (χ3v) is 2.54. The molecule has 0 spiro atoms. The number of rotatable bonds is 5. The Morgan fingerprint density at radius 3 is 2.84 bits per heavy atom. The van der Waals surface area contributed by atoms with Gasteiger partial charge in [0.2, 0.25) is 5.76 Å². The van der Waals surface area contributed by atoms with Gasteiger partial charge in [0.25, 0.3) is 5.91 Å². The van der Waals surface area contributed by atoms with Crippen LogP contribution in [0.3, 0.4) is 0 Å². The summed E-state index contributed by atoms with van der Waals surface area (Å²) in [5.41, 5.74) is 1.16. The summed E-state index contributed by atoms with van der Waals surface area (Å²) >= 11 is 0. The zero-order valence-corrected chi connectivity index (χ0v) is 10.1. The molecule has 1 amide bonds. The molecule has 8 heteroatoms. The Labute approximate surface area is 107 Å². The van der Waals surface area contributed by atoms with Crippen molar-refractivity contribution in [3.63, 3.8) is 0 Å². The third-order valence-electron chi connectivity index (χ3n) is 2.54. The number of imidazole rings is 1. The van der Waals surface area contributed by atoms with Crippen LogP contribution in [-0.4, -0.2) is 38.1 Å². The molecule has 0 fully saturated rings. The van der Waals surface area contributed by atoms with Crippen LogP contribution < -0.4 is 5.32 Å². The Balaban J connectivity index is 2.07. The number of aliphatic carboxylic acids is 1. The van der Waals surface area contributed by atoms with Gasteiger partial charge in [-0.05, 0) is 6.92 Å². The van der Waals surface area contributed by atoms with E-state index in [1.807, 2.05) is 0 Å². The minimum Gasteiger partial charge on any atom is -0.480 e. The van der Waals surface area contributed by atoms with Gasteiger partial charge in [-0.1, -0.05) is 5.16 Å². The van der Waals surface area contributed by atoms with Crippen molar-refractivity contribution in [2.45, 2.75) is 19.4 Å². The fraction of sp³-hybridized carbons (Fsp3) is 0.273. The van der Waals surface area contributed by atoms with Gasteiger partial charge in [-0.2, -0.15) is 0 Å². The second kappa shape index (κ2) is 5.34. The van der Waals surface area contributed by atoms with Crippen LogP contribution in [-0.2, 0) is 11.2 Å². The van der Waals surface area contributed by atoms with E-state index in [1.165, 1.54) is 18.7 Å². The molecule has 19 heavy (non-hydrogen) atoms. The van der Waals surface area contributed by atoms with Crippen LogP contribution in [0.15, 0.2) is 23.2 Å². The van der Waals surface area contributed by atoms with E-state index in [4.69, 9.17) is 9.63 Å². The van der Waals surface area contributed by atoms with Gasteiger partial charge < -0.3 is 19.9 Å². The lowest BCUT2D eigenvalue weighted by Gasteiger charge is -2.12. The maximum absolute atomic E-state index is 11.8. The van der Waals surface area contributed by atoms with E-state index in [9.17, 15) is 9.59 Å². The summed E-state index contributed by atoms with van der Waals surface area (Å²) in [5.74, 6) is -1.74. The molecule has 2 aromatic rings. The molecule has 0 aliphatic rings. The summed E-state index contributed by atoms with van der Waals surface area (Å²) < 4.78 is 4.77. The molecule has 0 unspecified atom stereocenters. The molecule has 100 valence electrons. The Morgan fingerprint density at radius 2 is 2.32 bits per heavy atom. The number of nitrogens with one attached hydrogen (secondary N) is 2. The number of aryl methyl sites for hydroxylation is 1. The Morgan fingerprint density at radius 1 is 1.53 bits per heavy atom. The molecule has 0 saturated heterocycles. The maximum atomic E-state index is 11.8. The third kappa shape index (κ3) is 2.97. The van der Waals surface area contributed by atoms with Crippen molar-refractivity contribution in [1.29, 1.82) is 0 Å². The lowest BCUT2D eigenvalue weighted by Crippen LogP contribution is -2.42. The van der Waals surface area contributed by atoms with Gasteiger partial charge in [-0.25, -0.2) is 9.78 Å². The van der Waals surface area contributed by atoms with Crippen molar-refractivity contribution < 1.29 is 19.2 Å². The Kier molecular flexibility index (Phi) is 3.60. The first-order valence-corrected chi connectivity index (χ1v) is 5.50. The number of hydrogen-bond acceptors (Lipinski definition) is 5. The first-order valence-electron chi connectivity index (χ1n) is 5.50. The van der Waals surface area contributed by atoms with Crippen molar-refractivity contribution in [2.24, 2.45) is 0 Å². The molecule has 0 saturated carbocycles. The zero-order chi connectivity index (χ0) is 13.8. The molecule has 0 aliphatic heterocycles. The molecule has 0 aromatic carbocycles. The van der Waals surface area contributed by atoms with Gasteiger partial charge in [0, 0.05) is 23.9 Å². The minimum atomic E-state index is -1.14. The van der Waals surface area contributed by atoms with Gasteiger partial charge in [-0.3, -0.25) is 4.79 Å². The predicted octanol–water partition coefficient (Wildman–Crippen LogP) is 0.132. The highest BCUT2D eigenvalue weighted by molar-refractivity contribution is 5.95. The van der Waals surface area contributed by atoms with Crippen LogP contribution >= 0.6 is 0 Å². The van der Waals surface area contributed by atoms with E-state index in [-0.39, 0.29) is 12.2 Å². The molecule has 2 rings (SSSR count). The number of hydrogen-bond donors (Lipinski definition) is 3. The van der Waals surface area contributed by atoms with Crippen LogP contribution in [0.1, 0.15) is 21.8 Å². The number of carboxylic acids is 1. The molecule has 0 bridgehead atoms. The number of aromatic amines is 1. The molecule has 3 N–H and O–H groups in total. The number of nitrogens with zero attached hydrogens (tertiary/aromatic N) is 2. The van der Waals surface area contributed by atoms with Crippen LogP contribution in [0.4, 0.5) is 0 Å². The lowest BCUT2D eigenvalue weighted by atomic mass is 10.1. The lowest BCUT2D eigenvalue weighted by molar-refractivity contribution is -0.139. The van der Waals surface area contributed by atoms with Crippen molar-refractivity contribution in [1.82, 2.24) is 20.4 Å². The summed E-state index contributed by atoms with van der Waals surface area (Å²) in [7, 11) is 0. The van der Waals surface area contributed by atoms with E-state index in [0.717, 1.165) is 0 Å². The summed E-state index contributed by atoms with van der Waals surface area (Å²) in [6.07, 6.45) is 4.44. The maximum Gasteiger partial charge on any atom is 0.326 e. The molecule has 0 aliphatic carbocycles. The van der Waals surface area contributed by atoms with Gasteiger partial charge in [0.15, 0.2) is 0 Å². The fourth-order valence-corrected chi connectivity index (χ4v) is 1.55. The largest absolute Gasteiger partial charge is 0.480 e. The summed E-state index contributed by atoms with van der Waals surface area (Å²) in [6, 6.07) is -1.07. The number of amides is 1. The molecule has 0 radical (unpaired) electrons. The van der Waals surface area contributed by atoms with Gasteiger partial charge in [0.05, 0.1) is 12.5 Å². The summed E-state index contributed by atoms with van der Waals surface area (Å²) in [5, 5.41) is 14.9. The van der Waals surface area contributed by atoms with Crippen LogP contribution in [0.5, 0.6) is 0 Å². The fourth-order valence-electron chi connectivity index (χ4n) is 1.55. The Hall–Kier alpha value is -2.64. The SMILES string of the molecule is Cc1cnoc1C(=O)N[C@H](Cc1cnc[nH]1)C(=O)O. The second-order valence-corrected chi connectivity index (χ2v) is 3.98. The first-order chi connectivity index (χ1) is 9.08. The molecule has 2 heterocycles. The highest BCUT2D eigenvalue weighted by Gasteiger charge is 2.24. The van der Waals surface area contributed by atoms with Crippen molar-refractivity contribution in [3.8, 4) is 0 Å². The van der Waals surface area contributed by atoms with E-state index in [2.05, 4.69) is 20.4 Å². The standard InChI is InChI=1S/C11H12N4O4/c1-6-3-14-19-9(6)10(16)15-8(11(17)18)2-7-4-12-5-13-7/h3-5,8H,2H2,1H3,(H,12,13)(H,15,16)(H,17,18)/t8-/m1/s1. The van der Waals surface area contributed by atoms with Crippen LogP contribution in [0.2, 0.25) is 0 Å². The average Bonchev–Trinajstić information content (AvgIpc) is 2.99. The van der Waals surface area contributed by atoms with Crippen LogP contribution in [0, 0.1) is 6.92 Å². The average molecular weight is 264 g/mol. The predicted molar refractivity (Wildman–Crippen MR) is 62.4 cm³/mol. The molecule has 8 nitrogen and oxygen atoms in total. The van der Waals surface area contributed by atoms with E-state index < -0.39 is 17.9 Å². The first kappa shape index (κ1) is 12.8. The van der Waals surface area contributed by atoms with E-state index >= 15 is 0 Å². The van der Waals surface area contributed by atoms with Crippen molar-refractivity contribution in [3.05, 3.63) is 35.7 Å². The molecular formula is C11H12N4O4. The second-order valence-electron chi connectivity index (χ2n) is 3.98. The topological polar surface area (TPSA) is 121 Å². The molecular weight excluding hydrogens is 252 g/mol. The number of carbonyl (C=O) groups excluding carboxylic acids is 1. The van der Waals surface area contributed by atoms with Gasteiger partial charge >= 0.3 is 5.97 Å². The van der Waals surface area contributed by atoms with Gasteiger partial charge in [-0.15, -0.1) is 0 Å².